The molecule has 0 saturated carbocycles. The van der Waals surface area contributed by atoms with Crippen molar-refractivity contribution in [3.8, 4) is 11.3 Å². The Bertz CT molecular complexity index is 940. The minimum absolute atomic E-state index is 0.0900. The van der Waals surface area contributed by atoms with Gasteiger partial charge in [-0.15, -0.1) is 11.8 Å². The van der Waals surface area contributed by atoms with Crippen molar-refractivity contribution < 1.29 is 19.0 Å². The average molecular weight is 370 g/mol. The lowest BCUT2D eigenvalue weighted by Crippen LogP contribution is -2.06. The zero-order valence-corrected chi connectivity index (χ0v) is 14.6. The number of hydrogen-bond donors (Lipinski definition) is 0. The molecule has 1 aromatic heterocycles. The Kier molecular flexibility index (Phi) is 5.33. The van der Waals surface area contributed by atoms with Gasteiger partial charge in [-0.2, -0.15) is 0 Å². The van der Waals surface area contributed by atoms with Gasteiger partial charge in [0.15, 0.2) is 5.76 Å². The van der Waals surface area contributed by atoms with Gasteiger partial charge in [-0.25, -0.2) is 4.79 Å². The van der Waals surface area contributed by atoms with Crippen LogP contribution in [0, 0.1) is 10.1 Å². The molecule has 0 bridgehead atoms. The Hall–Kier alpha value is -3.13. The topological polar surface area (TPSA) is 95.5 Å². The lowest BCUT2D eigenvalue weighted by Gasteiger charge is -2.04. The summed E-state index contributed by atoms with van der Waals surface area (Å²) in [5, 5.41) is 15.0. The van der Waals surface area contributed by atoms with Crippen LogP contribution in [0.3, 0.4) is 0 Å². The van der Waals surface area contributed by atoms with Crippen LogP contribution >= 0.6 is 11.8 Å². The Labute approximate surface area is 153 Å². The van der Waals surface area contributed by atoms with E-state index in [4.69, 9.17) is 9.26 Å². The molecule has 0 aliphatic heterocycles. The highest BCUT2D eigenvalue weighted by Gasteiger charge is 2.18. The van der Waals surface area contributed by atoms with E-state index in [0.29, 0.717) is 16.3 Å². The number of hydrogen-bond acceptors (Lipinski definition) is 7. The second kappa shape index (κ2) is 7.83. The summed E-state index contributed by atoms with van der Waals surface area (Å²) in [5.41, 5.74) is 1.30. The summed E-state index contributed by atoms with van der Waals surface area (Å²) in [7, 11) is 0. The standard InChI is InChI=1S/C18H14N2O5S/c1-26-17-8-7-13(9-15(17)20(22)23)18(21)24-11-14-10-16(25-19-14)12-5-3-2-4-6-12/h2-10H,11H2,1H3. The van der Waals surface area contributed by atoms with Crippen molar-refractivity contribution in [1.29, 1.82) is 0 Å². The number of ether oxygens (including phenoxy) is 1. The first-order valence-corrected chi connectivity index (χ1v) is 8.81. The molecule has 0 aliphatic rings. The third-order valence-electron chi connectivity index (χ3n) is 3.58. The number of nitrogens with zero attached hydrogens (tertiary/aromatic N) is 2. The molecule has 0 radical (unpaired) electrons. The summed E-state index contributed by atoms with van der Waals surface area (Å²) in [6.45, 7) is -0.0900. The summed E-state index contributed by atoms with van der Waals surface area (Å²) < 4.78 is 10.4. The van der Waals surface area contributed by atoms with E-state index in [-0.39, 0.29) is 17.9 Å². The molecular weight excluding hydrogens is 356 g/mol. The SMILES string of the molecule is CSc1ccc(C(=O)OCc2cc(-c3ccccc3)on2)cc1[N+](=O)[O-]. The summed E-state index contributed by atoms with van der Waals surface area (Å²) in [6.07, 6.45) is 1.73. The lowest BCUT2D eigenvalue weighted by molar-refractivity contribution is -0.387. The largest absolute Gasteiger partial charge is 0.455 e. The van der Waals surface area contributed by atoms with Crippen molar-refractivity contribution in [2.24, 2.45) is 0 Å². The van der Waals surface area contributed by atoms with Gasteiger partial charge in [0.2, 0.25) is 0 Å². The molecule has 3 aromatic rings. The van der Waals surface area contributed by atoms with E-state index in [0.717, 1.165) is 5.56 Å². The fraction of sp³-hybridized carbons (Fsp3) is 0.111. The molecule has 0 fully saturated rings. The van der Waals surface area contributed by atoms with Crippen LogP contribution < -0.4 is 0 Å². The van der Waals surface area contributed by atoms with E-state index in [2.05, 4.69) is 5.16 Å². The molecule has 0 aliphatic carbocycles. The first kappa shape index (κ1) is 17.7. The quantitative estimate of drug-likeness (QED) is 0.276. The number of aromatic nitrogens is 1. The van der Waals surface area contributed by atoms with Gasteiger partial charge in [0.05, 0.1) is 15.4 Å². The molecule has 1 heterocycles. The lowest BCUT2D eigenvalue weighted by atomic mass is 10.2. The number of carbonyl (C=O) groups excluding carboxylic acids is 1. The molecule has 0 N–H and O–H groups in total. The van der Waals surface area contributed by atoms with Gasteiger partial charge in [0.25, 0.3) is 5.69 Å². The molecule has 0 unspecified atom stereocenters. The summed E-state index contributed by atoms with van der Waals surface area (Å²) >= 11 is 1.24. The first-order valence-electron chi connectivity index (χ1n) is 7.59. The van der Waals surface area contributed by atoms with E-state index < -0.39 is 10.9 Å². The Morgan fingerprint density at radius 1 is 1.23 bits per heavy atom. The van der Waals surface area contributed by atoms with Crippen molar-refractivity contribution >= 4 is 23.4 Å². The molecular formula is C18H14N2O5S. The summed E-state index contributed by atoms with van der Waals surface area (Å²) in [4.78, 5) is 23.2. The van der Waals surface area contributed by atoms with E-state index in [1.165, 1.54) is 30.0 Å². The molecule has 132 valence electrons. The van der Waals surface area contributed by atoms with Crippen molar-refractivity contribution in [3.05, 3.63) is 76.0 Å². The van der Waals surface area contributed by atoms with Crippen molar-refractivity contribution in [1.82, 2.24) is 5.16 Å². The second-order valence-corrected chi connectivity index (χ2v) is 6.12. The third-order valence-corrected chi connectivity index (χ3v) is 4.36. The Morgan fingerprint density at radius 2 is 2.00 bits per heavy atom. The van der Waals surface area contributed by atoms with Crippen LogP contribution in [0.2, 0.25) is 0 Å². The van der Waals surface area contributed by atoms with Gasteiger partial charge < -0.3 is 9.26 Å². The monoisotopic (exact) mass is 370 g/mol. The number of thioether (sulfide) groups is 1. The minimum atomic E-state index is -0.662. The van der Waals surface area contributed by atoms with Gasteiger partial charge in [-0.05, 0) is 18.4 Å². The number of benzene rings is 2. The van der Waals surface area contributed by atoms with Gasteiger partial charge in [0.1, 0.15) is 12.3 Å². The van der Waals surface area contributed by atoms with Crippen molar-refractivity contribution in [2.45, 2.75) is 11.5 Å². The fourth-order valence-electron chi connectivity index (χ4n) is 2.30. The van der Waals surface area contributed by atoms with Crippen molar-refractivity contribution in [3.63, 3.8) is 0 Å². The number of esters is 1. The van der Waals surface area contributed by atoms with E-state index in [9.17, 15) is 14.9 Å². The van der Waals surface area contributed by atoms with E-state index >= 15 is 0 Å². The molecule has 0 spiro atoms. The first-order chi connectivity index (χ1) is 12.6. The smallest absolute Gasteiger partial charge is 0.338 e. The molecule has 0 saturated heterocycles. The number of rotatable bonds is 6. The molecule has 0 amide bonds. The molecule has 3 rings (SSSR count). The predicted molar refractivity (Wildman–Crippen MR) is 95.9 cm³/mol. The average Bonchev–Trinajstić information content (AvgIpc) is 3.15. The van der Waals surface area contributed by atoms with Crippen LogP contribution in [0.1, 0.15) is 16.1 Å². The molecule has 26 heavy (non-hydrogen) atoms. The predicted octanol–water partition coefficient (Wildman–Crippen LogP) is 4.33. The van der Waals surface area contributed by atoms with Gasteiger partial charge >= 0.3 is 5.97 Å². The molecule has 0 atom stereocenters. The zero-order chi connectivity index (χ0) is 18.5. The maximum absolute atomic E-state index is 12.2. The Balaban J connectivity index is 1.69. The zero-order valence-electron chi connectivity index (χ0n) is 13.7. The highest BCUT2D eigenvalue weighted by Crippen LogP contribution is 2.28. The maximum atomic E-state index is 12.2. The van der Waals surface area contributed by atoms with Crippen LogP contribution in [0.5, 0.6) is 0 Å². The van der Waals surface area contributed by atoms with E-state index in [1.54, 1.807) is 12.3 Å². The fourth-order valence-corrected chi connectivity index (χ4v) is 2.85. The maximum Gasteiger partial charge on any atom is 0.338 e. The third kappa shape index (κ3) is 3.92. The Morgan fingerprint density at radius 3 is 2.69 bits per heavy atom. The highest BCUT2D eigenvalue weighted by molar-refractivity contribution is 7.98. The van der Waals surface area contributed by atoms with E-state index in [1.807, 2.05) is 30.3 Å². The van der Waals surface area contributed by atoms with Crippen LogP contribution in [0.15, 0.2) is 64.0 Å². The summed E-state index contributed by atoms with van der Waals surface area (Å²) in [6, 6.07) is 15.3. The van der Waals surface area contributed by atoms with Crippen LogP contribution in [-0.4, -0.2) is 22.3 Å². The van der Waals surface area contributed by atoms with Gasteiger partial charge in [0, 0.05) is 17.7 Å². The number of nitro benzene ring substituents is 1. The van der Waals surface area contributed by atoms with Crippen LogP contribution in [0.25, 0.3) is 11.3 Å². The minimum Gasteiger partial charge on any atom is -0.455 e. The molecule has 8 heteroatoms. The number of carbonyl (C=O) groups is 1. The second-order valence-electron chi connectivity index (χ2n) is 5.27. The normalized spacial score (nSPS) is 10.5. The van der Waals surface area contributed by atoms with Crippen LogP contribution in [0.4, 0.5) is 5.69 Å². The molecule has 2 aromatic carbocycles. The number of nitro groups is 1. The van der Waals surface area contributed by atoms with Crippen LogP contribution in [-0.2, 0) is 11.3 Å². The van der Waals surface area contributed by atoms with Gasteiger partial charge in [-0.1, -0.05) is 35.5 Å². The summed E-state index contributed by atoms with van der Waals surface area (Å²) in [5.74, 6) is -0.0957. The van der Waals surface area contributed by atoms with Crippen molar-refractivity contribution in [2.75, 3.05) is 6.26 Å². The highest BCUT2D eigenvalue weighted by atomic mass is 32.2. The molecule has 7 nitrogen and oxygen atoms in total. The van der Waals surface area contributed by atoms with Gasteiger partial charge in [-0.3, -0.25) is 10.1 Å².